The van der Waals surface area contributed by atoms with Gasteiger partial charge >= 0.3 is 12.4 Å². The normalized spacial score (nSPS) is 14.7. The van der Waals surface area contributed by atoms with Crippen LogP contribution in [0, 0.1) is 9.49 Å². The third kappa shape index (κ3) is 4.77. The fraction of sp³-hybridized carbons (Fsp3) is 0.455. The second-order valence-corrected chi connectivity index (χ2v) is 5.41. The highest BCUT2D eigenvalue weighted by Gasteiger charge is 2.59. The van der Waals surface area contributed by atoms with Crippen molar-refractivity contribution in [2.45, 2.75) is 24.8 Å². The maximum Gasteiger partial charge on any atom is 0.402 e. The van der Waals surface area contributed by atoms with Gasteiger partial charge in [0.1, 0.15) is 0 Å². The van der Waals surface area contributed by atoms with Crippen molar-refractivity contribution in [3.8, 4) is 0 Å². The van der Waals surface area contributed by atoms with Crippen LogP contribution in [0.4, 0.5) is 26.3 Å². The van der Waals surface area contributed by atoms with Crippen molar-refractivity contribution < 1.29 is 26.3 Å². The van der Waals surface area contributed by atoms with Gasteiger partial charge in [0.25, 0.3) is 0 Å². The summed E-state index contributed by atoms with van der Waals surface area (Å²) in [6.45, 7) is 0. The van der Waals surface area contributed by atoms with Crippen LogP contribution in [0.1, 0.15) is 5.56 Å². The van der Waals surface area contributed by atoms with E-state index in [0.29, 0.717) is 5.56 Å². The van der Waals surface area contributed by atoms with Crippen LogP contribution in [0.15, 0.2) is 24.3 Å². The van der Waals surface area contributed by atoms with Gasteiger partial charge < -0.3 is 0 Å². The predicted octanol–water partition coefficient (Wildman–Crippen LogP) is 3.41. The zero-order chi connectivity index (χ0) is 15.6. The van der Waals surface area contributed by atoms with Gasteiger partial charge in [-0.3, -0.25) is 11.3 Å². The number of hydrogen-bond acceptors (Lipinski definition) is 2. The summed E-state index contributed by atoms with van der Waals surface area (Å²) in [5.41, 5.74) is 1.98. The Morgan fingerprint density at radius 3 is 1.80 bits per heavy atom. The van der Waals surface area contributed by atoms with Crippen molar-refractivity contribution in [2.75, 3.05) is 0 Å². The molecule has 0 aromatic heterocycles. The average molecular weight is 412 g/mol. The molecule has 1 rings (SSSR count). The van der Waals surface area contributed by atoms with Gasteiger partial charge in [0.05, 0.1) is 0 Å². The standard InChI is InChI=1S/C11H11F6IN2/c12-10(13,14)9(11(15,16)17)8(20-19)5-6-1-3-7(18)4-2-6/h1-4,8-9,20H,5,19H2. The van der Waals surface area contributed by atoms with E-state index in [2.05, 4.69) is 0 Å². The highest BCUT2D eigenvalue weighted by Crippen LogP contribution is 2.41. The molecule has 2 nitrogen and oxygen atoms in total. The minimum atomic E-state index is -5.42. The third-order valence-electron chi connectivity index (χ3n) is 2.69. The van der Waals surface area contributed by atoms with Crippen LogP contribution in [0.5, 0.6) is 0 Å². The molecule has 3 N–H and O–H groups in total. The number of hydrogen-bond donors (Lipinski definition) is 2. The summed E-state index contributed by atoms with van der Waals surface area (Å²) in [6.07, 6.45) is -11.3. The zero-order valence-corrected chi connectivity index (χ0v) is 12.1. The number of halogens is 7. The fourth-order valence-corrected chi connectivity index (χ4v) is 2.15. The van der Waals surface area contributed by atoms with Gasteiger partial charge in [-0.2, -0.15) is 26.3 Å². The molecule has 1 aromatic rings. The van der Waals surface area contributed by atoms with Crippen molar-refractivity contribution >= 4 is 22.6 Å². The summed E-state index contributed by atoms with van der Waals surface area (Å²) in [4.78, 5) is 0. The molecule has 1 aromatic carbocycles. The highest BCUT2D eigenvalue weighted by atomic mass is 127. The molecule has 0 saturated heterocycles. The molecule has 0 saturated carbocycles. The lowest BCUT2D eigenvalue weighted by atomic mass is 9.93. The van der Waals surface area contributed by atoms with Crippen LogP contribution in [0.3, 0.4) is 0 Å². The van der Waals surface area contributed by atoms with Crippen molar-refractivity contribution in [1.82, 2.24) is 5.43 Å². The van der Waals surface area contributed by atoms with Crippen molar-refractivity contribution in [2.24, 2.45) is 11.8 Å². The Bertz CT molecular complexity index is 414. The lowest BCUT2D eigenvalue weighted by molar-refractivity contribution is -0.291. The largest absolute Gasteiger partial charge is 0.402 e. The van der Waals surface area contributed by atoms with E-state index >= 15 is 0 Å². The Morgan fingerprint density at radius 1 is 1.00 bits per heavy atom. The van der Waals surface area contributed by atoms with Crippen LogP contribution in [0.2, 0.25) is 0 Å². The lowest BCUT2D eigenvalue weighted by Crippen LogP contribution is -2.54. The maximum absolute atomic E-state index is 12.6. The second kappa shape index (κ2) is 6.48. The number of hydrazine groups is 1. The van der Waals surface area contributed by atoms with Gasteiger partial charge in [0.15, 0.2) is 5.92 Å². The minimum Gasteiger partial charge on any atom is -0.271 e. The Labute approximate surface area is 124 Å². The SMILES string of the molecule is NNC(Cc1ccc(I)cc1)C(C(F)(F)F)C(F)(F)F. The topological polar surface area (TPSA) is 38.0 Å². The van der Waals surface area contributed by atoms with E-state index in [-0.39, 0.29) is 0 Å². The zero-order valence-electron chi connectivity index (χ0n) is 9.89. The first kappa shape index (κ1) is 17.5. The maximum atomic E-state index is 12.6. The van der Waals surface area contributed by atoms with E-state index in [1.807, 2.05) is 22.6 Å². The molecule has 0 aliphatic rings. The molecule has 0 heterocycles. The van der Waals surface area contributed by atoms with E-state index in [1.54, 1.807) is 17.6 Å². The number of nitrogens with one attached hydrogen (secondary N) is 1. The number of alkyl halides is 6. The molecular formula is C11H11F6IN2. The molecule has 0 aliphatic heterocycles. The molecule has 20 heavy (non-hydrogen) atoms. The van der Waals surface area contributed by atoms with Crippen LogP contribution >= 0.6 is 22.6 Å². The van der Waals surface area contributed by atoms with Crippen molar-refractivity contribution in [3.63, 3.8) is 0 Å². The molecule has 1 unspecified atom stereocenters. The van der Waals surface area contributed by atoms with E-state index in [1.165, 1.54) is 12.1 Å². The number of benzene rings is 1. The monoisotopic (exact) mass is 412 g/mol. The molecule has 0 amide bonds. The quantitative estimate of drug-likeness (QED) is 0.345. The molecule has 0 bridgehead atoms. The molecule has 9 heteroatoms. The van der Waals surface area contributed by atoms with Gasteiger partial charge in [0.2, 0.25) is 0 Å². The summed E-state index contributed by atoms with van der Waals surface area (Å²) in [7, 11) is 0. The summed E-state index contributed by atoms with van der Waals surface area (Å²) in [6, 6.07) is 4.15. The minimum absolute atomic E-state index is 0.340. The first-order valence-corrected chi connectivity index (χ1v) is 6.47. The number of nitrogens with two attached hydrogens (primary N) is 1. The van der Waals surface area contributed by atoms with Crippen molar-refractivity contribution in [3.05, 3.63) is 33.4 Å². The second-order valence-electron chi connectivity index (χ2n) is 4.16. The fourth-order valence-electron chi connectivity index (χ4n) is 1.79. The molecule has 0 spiro atoms. The van der Waals surface area contributed by atoms with Gasteiger partial charge in [-0.15, -0.1) is 0 Å². The molecular weight excluding hydrogens is 401 g/mol. The van der Waals surface area contributed by atoms with Crippen LogP contribution < -0.4 is 11.3 Å². The predicted molar refractivity (Wildman–Crippen MR) is 69.6 cm³/mol. The van der Waals surface area contributed by atoms with E-state index < -0.39 is 30.7 Å². The highest BCUT2D eigenvalue weighted by molar-refractivity contribution is 14.1. The summed E-state index contributed by atoms with van der Waals surface area (Å²) in [5, 5.41) is 0. The first-order chi connectivity index (χ1) is 9.05. The average Bonchev–Trinajstić information content (AvgIpc) is 2.27. The summed E-state index contributed by atoms with van der Waals surface area (Å²) >= 11 is 1.98. The van der Waals surface area contributed by atoms with Gasteiger partial charge in [-0.05, 0) is 46.7 Å². The van der Waals surface area contributed by atoms with Gasteiger partial charge in [-0.1, -0.05) is 12.1 Å². The molecule has 0 radical (unpaired) electrons. The smallest absolute Gasteiger partial charge is 0.271 e. The molecule has 0 fully saturated rings. The van der Waals surface area contributed by atoms with Crippen LogP contribution in [-0.2, 0) is 6.42 Å². The Balaban J connectivity index is 3.00. The van der Waals surface area contributed by atoms with Gasteiger partial charge in [-0.25, -0.2) is 0 Å². The van der Waals surface area contributed by atoms with Crippen LogP contribution in [0.25, 0.3) is 0 Å². The Kier molecular flexibility index (Phi) is 5.67. The summed E-state index contributed by atoms with van der Waals surface area (Å²) < 4.78 is 76.4. The van der Waals surface area contributed by atoms with E-state index in [9.17, 15) is 26.3 Å². The molecule has 114 valence electrons. The first-order valence-electron chi connectivity index (χ1n) is 5.39. The van der Waals surface area contributed by atoms with Crippen molar-refractivity contribution in [1.29, 1.82) is 0 Å². The third-order valence-corrected chi connectivity index (χ3v) is 3.41. The van der Waals surface area contributed by atoms with E-state index in [0.717, 1.165) is 3.57 Å². The summed E-state index contributed by atoms with van der Waals surface area (Å²) in [5.74, 6) is 1.38. The Hall–Kier alpha value is -0.550. The molecule has 1 atom stereocenters. The lowest BCUT2D eigenvalue weighted by Gasteiger charge is -2.30. The van der Waals surface area contributed by atoms with Gasteiger partial charge in [0, 0.05) is 9.61 Å². The molecule has 0 aliphatic carbocycles. The van der Waals surface area contributed by atoms with E-state index in [4.69, 9.17) is 5.84 Å². The Morgan fingerprint density at radius 2 is 1.45 bits per heavy atom. The van der Waals surface area contributed by atoms with Crippen LogP contribution in [-0.4, -0.2) is 18.4 Å². The number of rotatable bonds is 4.